The van der Waals surface area contributed by atoms with Crippen molar-refractivity contribution in [2.24, 2.45) is 5.73 Å². The topological polar surface area (TPSA) is 99.2 Å². The first kappa shape index (κ1) is 21.6. The highest BCUT2D eigenvalue weighted by molar-refractivity contribution is 7.98. The second kappa shape index (κ2) is 9.74. The SMILES string of the molecule is NC(=O)c1ccc(-c2nc(CSc3nnc(N4CCOCC4)n3-c3ccccc3)cs2)cc1. The molecule has 2 aromatic carbocycles. The van der Waals surface area contributed by atoms with Gasteiger partial charge in [-0.3, -0.25) is 9.36 Å². The predicted molar refractivity (Wildman–Crippen MR) is 130 cm³/mol. The summed E-state index contributed by atoms with van der Waals surface area (Å²) in [6.07, 6.45) is 0. The number of para-hydroxylation sites is 1. The van der Waals surface area contributed by atoms with Crippen LogP contribution in [0.4, 0.5) is 5.95 Å². The van der Waals surface area contributed by atoms with E-state index in [-0.39, 0.29) is 0 Å². The zero-order valence-corrected chi connectivity index (χ0v) is 19.4. The summed E-state index contributed by atoms with van der Waals surface area (Å²) in [5.41, 5.74) is 8.77. The maximum Gasteiger partial charge on any atom is 0.248 e. The summed E-state index contributed by atoms with van der Waals surface area (Å²) in [6.45, 7) is 2.96. The largest absolute Gasteiger partial charge is 0.378 e. The monoisotopic (exact) mass is 478 g/mol. The molecule has 0 atom stereocenters. The maximum absolute atomic E-state index is 11.3. The molecule has 0 saturated carbocycles. The Morgan fingerprint density at radius 3 is 2.55 bits per heavy atom. The Morgan fingerprint density at radius 1 is 1.06 bits per heavy atom. The molecule has 1 aliphatic rings. The molecule has 5 rings (SSSR count). The highest BCUT2D eigenvalue weighted by Gasteiger charge is 2.22. The molecule has 0 unspecified atom stereocenters. The first-order valence-electron chi connectivity index (χ1n) is 10.5. The molecule has 0 aliphatic carbocycles. The number of hydrogen-bond donors (Lipinski definition) is 1. The molecule has 4 aromatic rings. The molecule has 10 heteroatoms. The van der Waals surface area contributed by atoms with E-state index in [1.54, 1.807) is 35.2 Å². The minimum Gasteiger partial charge on any atom is -0.378 e. The number of carbonyl (C=O) groups excluding carboxylic acids is 1. The molecule has 1 aliphatic heterocycles. The first-order valence-corrected chi connectivity index (χ1v) is 12.4. The van der Waals surface area contributed by atoms with Crippen molar-refractivity contribution >= 4 is 35.0 Å². The third-order valence-electron chi connectivity index (χ3n) is 5.24. The highest BCUT2D eigenvalue weighted by Crippen LogP contribution is 2.31. The van der Waals surface area contributed by atoms with Crippen LogP contribution in [0.3, 0.4) is 0 Å². The number of rotatable bonds is 7. The molecule has 1 amide bonds. The molecule has 2 aromatic heterocycles. The van der Waals surface area contributed by atoms with Crippen LogP contribution in [-0.4, -0.2) is 52.0 Å². The Kier molecular flexibility index (Phi) is 6.38. The van der Waals surface area contributed by atoms with Crippen LogP contribution in [-0.2, 0) is 10.5 Å². The molecular formula is C23H22N6O2S2. The number of aromatic nitrogens is 4. The Balaban J connectivity index is 1.36. The van der Waals surface area contributed by atoms with Gasteiger partial charge in [0.2, 0.25) is 11.9 Å². The summed E-state index contributed by atoms with van der Waals surface area (Å²) in [6, 6.07) is 17.4. The van der Waals surface area contributed by atoms with Gasteiger partial charge in [0.05, 0.1) is 24.6 Å². The van der Waals surface area contributed by atoms with Gasteiger partial charge >= 0.3 is 0 Å². The average Bonchev–Trinajstić information content (AvgIpc) is 3.51. The molecule has 168 valence electrons. The van der Waals surface area contributed by atoms with Crippen LogP contribution in [0.15, 0.2) is 65.1 Å². The third-order valence-corrected chi connectivity index (χ3v) is 7.14. The van der Waals surface area contributed by atoms with E-state index in [2.05, 4.69) is 37.2 Å². The van der Waals surface area contributed by atoms with E-state index in [0.717, 1.165) is 46.1 Å². The lowest BCUT2D eigenvalue weighted by molar-refractivity contribution is 0.100. The van der Waals surface area contributed by atoms with Gasteiger partial charge in [0.1, 0.15) is 5.01 Å². The van der Waals surface area contributed by atoms with Gasteiger partial charge in [0.15, 0.2) is 5.16 Å². The number of benzene rings is 2. The smallest absolute Gasteiger partial charge is 0.248 e. The van der Waals surface area contributed by atoms with E-state index < -0.39 is 5.91 Å². The maximum atomic E-state index is 11.3. The van der Waals surface area contributed by atoms with Crippen molar-refractivity contribution in [3.8, 4) is 16.3 Å². The number of carbonyl (C=O) groups is 1. The van der Waals surface area contributed by atoms with E-state index in [9.17, 15) is 4.79 Å². The highest BCUT2D eigenvalue weighted by atomic mass is 32.2. The van der Waals surface area contributed by atoms with Crippen molar-refractivity contribution in [3.05, 3.63) is 71.2 Å². The number of thiazole rings is 1. The van der Waals surface area contributed by atoms with Gasteiger partial charge in [-0.25, -0.2) is 4.98 Å². The van der Waals surface area contributed by atoms with E-state index >= 15 is 0 Å². The Hall–Kier alpha value is -3.21. The number of primary amides is 1. The summed E-state index contributed by atoms with van der Waals surface area (Å²) in [7, 11) is 0. The quantitative estimate of drug-likeness (QED) is 0.405. The molecule has 8 nitrogen and oxygen atoms in total. The molecule has 0 bridgehead atoms. The van der Waals surface area contributed by atoms with Crippen molar-refractivity contribution in [1.82, 2.24) is 19.7 Å². The zero-order chi connectivity index (χ0) is 22.6. The van der Waals surface area contributed by atoms with Crippen molar-refractivity contribution in [3.63, 3.8) is 0 Å². The lowest BCUT2D eigenvalue weighted by Gasteiger charge is -2.27. The minimum absolute atomic E-state index is 0.434. The molecule has 1 saturated heterocycles. The molecular weight excluding hydrogens is 456 g/mol. The van der Waals surface area contributed by atoms with E-state index in [1.165, 1.54) is 0 Å². The minimum atomic E-state index is -0.434. The van der Waals surface area contributed by atoms with E-state index in [4.69, 9.17) is 15.5 Å². The van der Waals surface area contributed by atoms with Crippen LogP contribution in [0, 0.1) is 0 Å². The predicted octanol–water partition coefficient (Wildman–Crippen LogP) is 3.62. The second-order valence-electron chi connectivity index (χ2n) is 7.43. The Bertz CT molecular complexity index is 1230. The van der Waals surface area contributed by atoms with Crippen molar-refractivity contribution in [1.29, 1.82) is 0 Å². The van der Waals surface area contributed by atoms with Gasteiger partial charge in [0.25, 0.3) is 0 Å². The standard InChI is InChI=1S/C23H22N6O2S2/c24-20(30)16-6-8-17(9-7-16)21-25-18(14-32-21)15-33-23-27-26-22(28-10-12-31-13-11-28)29(23)19-4-2-1-3-5-19/h1-9,14H,10-13,15H2,(H2,24,30). The molecule has 2 N–H and O–H groups in total. The number of nitrogens with two attached hydrogens (primary N) is 1. The number of morpholine rings is 1. The fourth-order valence-corrected chi connectivity index (χ4v) is 5.32. The summed E-state index contributed by atoms with van der Waals surface area (Å²) in [5, 5.41) is 12.8. The van der Waals surface area contributed by atoms with Crippen molar-refractivity contribution < 1.29 is 9.53 Å². The second-order valence-corrected chi connectivity index (χ2v) is 9.23. The van der Waals surface area contributed by atoms with Crippen LogP contribution in [0.1, 0.15) is 16.1 Å². The zero-order valence-electron chi connectivity index (χ0n) is 17.8. The van der Waals surface area contributed by atoms with Gasteiger partial charge in [-0.05, 0) is 24.3 Å². The molecule has 3 heterocycles. The number of ether oxygens (including phenoxy) is 1. The van der Waals surface area contributed by atoms with Crippen LogP contribution in [0.2, 0.25) is 0 Å². The van der Waals surface area contributed by atoms with Gasteiger partial charge in [-0.15, -0.1) is 21.5 Å². The number of thioether (sulfide) groups is 1. The number of hydrogen-bond acceptors (Lipinski definition) is 8. The lowest BCUT2D eigenvalue weighted by atomic mass is 10.1. The van der Waals surface area contributed by atoms with E-state index in [1.807, 2.05) is 30.3 Å². The van der Waals surface area contributed by atoms with Crippen LogP contribution in [0.5, 0.6) is 0 Å². The Labute approximate surface area is 199 Å². The molecule has 1 fully saturated rings. The fourth-order valence-electron chi connectivity index (χ4n) is 3.55. The van der Waals surface area contributed by atoms with Crippen LogP contribution >= 0.6 is 23.1 Å². The first-order chi connectivity index (χ1) is 16.2. The fraction of sp³-hybridized carbons (Fsp3) is 0.217. The van der Waals surface area contributed by atoms with Gasteiger partial charge < -0.3 is 15.4 Å². The average molecular weight is 479 g/mol. The van der Waals surface area contributed by atoms with Crippen LogP contribution in [0.25, 0.3) is 16.3 Å². The van der Waals surface area contributed by atoms with Crippen molar-refractivity contribution in [2.45, 2.75) is 10.9 Å². The van der Waals surface area contributed by atoms with Gasteiger partial charge in [-0.1, -0.05) is 42.1 Å². The number of amides is 1. The number of anilines is 1. The normalized spacial score (nSPS) is 13.9. The molecule has 0 radical (unpaired) electrons. The lowest BCUT2D eigenvalue weighted by Crippen LogP contribution is -2.37. The molecule has 0 spiro atoms. The Morgan fingerprint density at radius 2 is 1.82 bits per heavy atom. The number of nitrogens with zero attached hydrogens (tertiary/aromatic N) is 5. The summed E-state index contributed by atoms with van der Waals surface area (Å²) in [4.78, 5) is 18.3. The van der Waals surface area contributed by atoms with E-state index in [0.29, 0.717) is 24.5 Å². The summed E-state index contributed by atoms with van der Waals surface area (Å²) < 4.78 is 7.60. The summed E-state index contributed by atoms with van der Waals surface area (Å²) in [5.74, 6) is 1.07. The molecule has 33 heavy (non-hydrogen) atoms. The van der Waals surface area contributed by atoms with Gasteiger partial charge in [0, 0.05) is 35.3 Å². The third kappa shape index (κ3) is 4.77. The summed E-state index contributed by atoms with van der Waals surface area (Å²) >= 11 is 3.18. The van der Waals surface area contributed by atoms with Gasteiger partial charge in [-0.2, -0.15) is 0 Å². The van der Waals surface area contributed by atoms with Crippen molar-refractivity contribution in [2.75, 3.05) is 31.2 Å². The van der Waals surface area contributed by atoms with Crippen LogP contribution < -0.4 is 10.6 Å².